The second-order valence-electron chi connectivity index (χ2n) is 3.66. The van der Waals surface area contributed by atoms with Gasteiger partial charge >= 0.3 is 0 Å². The fourth-order valence-electron chi connectivity index (χ4n) is 1.64. The molecule has 1 aromatic carbocycles. The normalized spacial score (nSPS) is 10.7. The molecule has 1 heterocycles. The minimum atomic E-state index is 0.570. The number of benzene rings is 1. The Bertz CT molecular complexity index is 539. The highest BCUT2D eigenvalue weighted by Gasteiger charge is 2.12. The average molecular weight is 277 g/mol. The highest BCUT2D eigenvalue weighted by atomic mass is 32.1. The number of methoxy groups -OCH3 is 3. The van der Waals surface area contributed by atoms with Crippen molar-refractivity contribution >= 4 is 23.2 Å². The smallest absolute Gasteiger partial charge is 0.203 e. The standard InChI is InChI=1S/C14H15NO3S/c1-16-12-7-10(8-13(17-2)14(12)18-3)15-9-11-5-4-6-19-11/h4-9H,1-3H3. The van der Waals surface area contributed by atoms with Crippen LogP contribution in [0.25, 0.3) is 0 Å². The molecule has 0 amide bonds. The molecule has 0 aliphatic rings. The lowest BCUT2D eigenvalue weighted by Gasteiger charge is -2.12. The number of hydrogen-bond acceptors (Lipinski definition) is 5. The molecule has 2 rings (SSSR count). The third-order valence-corrected chi connectivity index (χ3v) is 3.34. The Balaban J connectivity index is 2.36. The van der Waals surface area contributed by atoms with Gasteiger partial charge in [0.2, 0.25) is 5.75 Å². The first-order valence-corrected chi connectivity index (χ1v) is 6.54. The van der Waals surface area contributed by atoms with Gasteiger partial charge in [-0.1, -0.05) is 6.07 Å². The molecule has 0 saturated heterocycles. The van der Waals surface area contributed by atoms with Crippen molar-refractivity contribution in [2.75, 3.05) is 21.3 Å². The van der Waals surface area contributed by atoms with Crippen molar-refractivity contribution in [2.24, 2.45) is 4.99 Å². The molecule has 100 valence electrons. The fraction of sp³-hybridized carbons (Fsp3) is 0.214. The van der Waals surface area contributed by atoms with Crippen LogP contribution in [0.4, 0.5) is 5.69 Å². The second-order valence-corrected chi connectivity index (χ2v) is 4.64. The van der Waals surface area contributed by atoms with Crippen molar-refractivity contribution in [3.63, 3.8) is 0 Å². The van der Waals surface area contributed by atoms with Crippen LogP contribution in [-0.4, -0.2) is 27.5 Å². The van der Waals surface area contributed by atoms with E-state index in [1.165, 1.54) is 0 Å². The van der Waals surface area contributed by atoms with Gasteiger partial charge in [0.15, 0.2) is 11.5 Å². The molecule has 0 aliphatic heterocycles. The first kappa shape index (κ1) is 13.4. The lowest BCUT2D eigenvalue weighted by Crippen LogP contribution is -1.94. The van der Waals surface area contributed by atoms with Gasteiger partial charge in [0.25, 0.3) is 0 Å². The summed E-state index contributed by atoms with van der Waals surface area (Å²) in [5.41, 5.74) is 0.753. The monoisotopic (exact) mass is 277 g/mol. The third kappa shape index (κ3) is 3.06. The first-order valence-electron chi connectivity index (χ1n) is 5.66. The van der Waals surface area contributed by atoms with Crippen LogP contribution in [0.2, 0.25) is 0 Å². The highest BCUT2D eigenvalue weighted by Crippen LogP contribution is 2.40. The number of aliphatic imine (C=N–C) groups is 1. The maximum atomic E-state index is 5.28. The van der Waals surface area contributed by atoms with Crippen molar-refractivity contribution in [1.29, 1.82) is 0 Å². The summed E-state index contributed by atoms with van der Waals surface area (Å²) in [6.07, 6.45) is 1.81. The van der Waals surface area contributed by atoms with Gasteiger partial charge in [-0.15, -0.1) is 11.3 Å². The molecule has 0 fully saturated rings. The van der Waals surface area contributed by atoms with Gasteiger partial charge < -0.3 is 14.2 Å². The van der Waals surface area contributed by atoms with E-state index < -0.39 is 0 Å². The first-order chi connectivity index (χ1) is 9.28. The highest BCUT2D eigenvalue weighted by molar-refractivity contribution is 7.11. The molecule has 0 unspecified atom stereocenters. The number of ether oxygens (including phenoxy) is 3. The second kappa shape index (κ2) is 6.24. The molecule has 2 aromatic rings. The summed E-state index contributed by atoms with van der Waals surface area (Å²) in [5, 5.41) is 2.01. The zero-order valence-electron chi connectivity index (χ0n) is 11.0. The maximum Gasteiger partial charge on any atom is 0.203 e. The molecule has 0 aliphatic carbocycles. The van der Waals surface area contributed by atoms with Crippen LogP contribution in [-0.2, 0) is 0 Å². The van der Waals surface area contributed by atoms with Gasteiger partial charge in [0.05, 0.1) is 27.0 Å². The summed E-state index contributed by atoms with van der Waals surface area (Å²) < 4.78 is 15.8. The number of thiophene rings is 1. The molecule has 5 heteroatoms. The van der Waals surface area contributed by atoms with E-state index in [0.29, 0.717) is 17.2 Å². The van der Waals surface area contributed by atoms with Gasteiger partial charge in [-0.05, 0) is 11.4 Å². The largest absolute Gasteiger partial charge is 0.493 e. The number of hydrogen-bond donors (Lipinski definition) is 0. The molecule has 0 spiro atoms. The van der Waals surface area contributed by atoms with E-state index in [0.717, 1.165) is 10.6 Å². The Hall–Kier alpha value is -2.01. The maximum absolute atomic E-state index is 5.28. The summed E-state index contributed by atoms with van der Waals surface area (Å²) in [6.45, 7) is 0. The quantitative estimate of drug-likeness (QED) is 0.785. The Morgan fingerprint density at radius 1 is 1.05 bits per heavy atom. The van der Waals surface area contributed by atoms with Crippen LogP contribution in [0, 0.1) is 0 Å². The van der Waals surface area contributed by atoms with Gasteiger partial charge in [-0.3, -0.25) is 4.99 Å². The van der Waals surface area contributed by atoms with E-state index >= 15 is 0 Å². The summed E-state index contributed by atoms with van der Waals surface area (Å²) in [6, 6.07) is 7.62. The molecule has 0 radical (unpaired) electrons. The Morgan fingerprint density at radius 2 is 1.74 bits per heavy atom. The molecule has 0 atom stereocenters. The lowest BCUT2D eigenvalue weighted by atomic mass is 10.2. The summed E-state index contributed by atoms with van der Waals surface area (Å²) in [5.74, 6) is 1.76. The predicted molar refractivity (Wildman–Crippen MR) is 77.7 cm³/mol. The van der Waals surface area contributed by atoms with E-state index in [9.17, 15) is 0 Å². The summed E-state index contributed by atoms with van der Waals surface area (Å²) in [7, 11) is 4.75. The summed E-state index contributed by atoms with van der Waals surface area (Å²) in [4.78, 5) is 5.50. The van der Waals surface area contributed by atoms with Crippen LogP contribution >= 0.6 is 11.3 Å². The Kier molecular flexibility index (Phi) is 4.41. The van der Waals surface area contributed by atoms with Gasteiger partial charge in [-0.25, -0.2) is 0 Å². The molecule has 0 bridgehead atoms. The van der Waals surface area contributed by atoms with Crippen molar-refractivity contribution in [2.45, 2.75) is 0 Å². The average Bonchev–Trinajstić information content (AvgIpc) is 2.97. The molecular weight excluding hydrogens is 262 g/mol. The minimum Gasteiger partial charge on any atom is -0.493 e. The van der Waals surface area contributed by atoms with E-state index in [4.69, 9.17) is 14.2 Å². The van der Waals surface area contributed by atoms with E-state index in [-0.39, 0.29) is 0 Å². The van der Waals surface area contributed by atoms with Crippen LogP contribution in [0.3, 0.4) is 0 Å². The lowest BCUT2D eigenvalue weighted by molar-refractivity contribution is 0.324. The minimum absolute atomic E-state index is 0.570. The molecular formula is C14H15NO3S. The van der Waals surface area contributed by atoms with Gasteiger partial charge in [0, 0.05) is 23.2 Å². The van der Waals surface area contributed by atoms with Crippen molar-refractivity contribution in [3.8, 4) is 17.2 Å². The molecule has 0 N–H and O–H groups in total. The van der Waals surface area contributed by atoms with E-state index in [1.807, 2.05) is 35.9 Å². The van der Waals surface area contributed by atoms with Gasteiger partial charge in [0.1, 0.15) is 0 Å². The van der Waals surface area contributed by atoms with Crippen LogP contribution in [0.1, 0.15) is 4.88 Å². The van der Waals surface area contributed by atoms with Crippen molar-refractivity contribution in [1.82, 2.24) is 0 Å². The SMILES string of the molecule is COc1cc(N=Cc2cccs2)cc(OC)c1OC. The summed E-state index contributed by atoms with van der Waals surface area (Å²) >= 11 is 1.63. The van der Waals surface area contributed by atoms with E-state index in [2.05, 4.69) is 4.99 Å². The fourth-order valence-corrected chi connectivity index (χ4v) is 2.23. The van der Waals surface area contributed by atoms with Crippen LogP contribution in [0.15, 0.2) is 34.6 Å². The van der Waals surface area contributed by atoms with E-state index in [1.54, 1.807) is 32.7 Å². The number of rotatable bonds is 5. The topological polar surface area (TPSA) is 40.0 Å². The predicted octanol–water partition coefficient (Wildman–Crippen LogP) is 3.52. The van der Waals surface area contributed by atoms with Crippen LogP contribution < -0.4 is 14.2 Å². The Labute approximate surface area is 116 Å². The van der Waals surface area contributed by atoms with Crippen molar-refractivity contribution < 1.29 is 14.2 Å². The molecule has 0 saturated carbocycles. The molecule has 4 nitrogen and oxygen atoms in total. The number of nitrogens with zero attached hydrogens (tertiary/aromatic N) is 1. The Morgan fingerprint density at radius 3 is 2.21 bits per heavy atom. The molecule has 19 heavy (non-hydrogen) atoms. The zero-order chi connectivity index (χ0) is 13.7. The van der Waals surface area contributed by atoms with Crippen molar-refractivity contribution in [3.05, 3.63) is 34.5 Å². The zero-order valence-corrected chi connectivity index (χ0v) is 11.9. The molecule has 1 aromatic heterocycles. The van der Waals surface area contributed by atoms with Gasteiger partial charge in [-0.2, -0.15) is 0 Å². The van der Waals surface area contributed by atoms with Crippen LogP contribution in [0.5, 0.6) is 17.2 Å². The third-order valence-electron chi connectivity index (χ3n) is 2.53.